The fraction of sp³-hybridized carbons (Fsp3) is 0.786. The number of hydrogen-bond acceptors (Lipinski definition) is 6. The molecule has 0 aromatic carbocycles. The first-order valence-electron chi connectivity index (χ1n) is 6.56. The Labute approximate surface area is 120 Å². The molecule has 116 valence electrons. The second-order valence-corrected chi connectivity index (χ2v) is 5.56. The summed E-state index contributed by atoms with van der Waals surface area (Å²) in [5, 5.41) is 0. The second-order valence-electron chi connectivity index (χ2n) is 5.56. The highest BCUT2D eigenvalue weighted by Crippen LogP contribution is 2.08. The van der Waals surface area contributed by atoms with Gasteiger partial charge in [-0.25, -0.2) is 4.79 Å². The maximum atomic E-state index is 11.8. The Bertz CT molecular complexity index is 359. The number of esters is 2. The van der Waals surface area contributed by atoms with Crippen LogP contribution in [0.1, 0.15) is 41.5 Å². The molecular weight excluding hydrogens is 262 g/mol. The van der Waals surface area contributed by atoms with Crippen LogP contribution in [0.4, 0.5) is 0 Å². The van der Waals surface area contributed by atoms with Crippen molar-refractivity contribution in [1.82, 2.24) is 0 Å². The number of aliphatic imine (C=N–C) groups is 1. The molecule has 0 aliphatic heterocycles. The summed E-state index contributed by atoms with van der Waals surface area (Å²) in [4.78, 5) is 27.6. The van der Waals surface area contributed by atoms with Gasteiger partial charge in [-0.15, -0.1) is 0 Å². The van der Waals surface area contributed by atoms with Gasteiger partial charge in [0.1, 0.15) is 0 Å². The van der Waals surface area contributed by atoms with Gasteiger partial charge < -0.3 is 14.2 Å². The third-order valence-corrected chi connectivity index (χ3v) is 2.30. The first-order chi connectivity index (χ1) is 9.06. The van der Waals surface area contributed by atoms with Gasteiger partial charge in [-0.1, -0.05) is 0 Å². The number of nitrogens with zero attached hydrogens (tertiary/aromatic N) is 1. The standard InChI is InChI=1S/C14H25NO5/c1-9(8-15-14(4,5)6)12(16)19-10(2)13(17)20-11(3)18-7/h8-11H,1-7H3/b15-8+. The van der Waals surface area contributed by atoms with Crippen molar-refractivity contribution in [2.45, 2.75) is 59.5 Å². The van der Waals surface area contributed by atoms with Gasteiger partial charge in [-0.2, -0.15) is 0 Å². The summed E-state index contributed by atoms with van der Waals surface area (Å²) in [5.74, 6) is -1.69. The molecule has 0 aromatic heterocycles. The zero-order chi connectivity index (χ0) is 15.9. The van der Waals surface area contributed by atoms with Crippen LogP contribution in [0.25, 0.3) is 0 Å². The van der Waals surface area contributed by atoms with E-state index in [2.05, 4.69) is 4.99 Å². The van der Waals surface area contributed by atoms with Crippen molar-refractivity contribution in [3.8, 4) is 0 Å². The molecule has 0 fully saturated rings. The third kappa shape index (κ3) is 7.89. The van der Waals surface area contributed by atoms with Gasteiger partial charge in [0.05, 0.1) is 11.5 Å². The van der Waals surface area contributed by atoms with Crippen LogP contribution < -0.4 is 0 Å². The molecule has 0 aromatic rings. The molecule has 3 atom stereocenters. The van der Waals surface area contributed by atoms with E-state index in [1.54, 1.807) is 13.8 Å². The van der Waals surface area contributed by atoms with Gasteiger partial charge in [0.15, 0.2) is 12.4 Å². The number of rotatable bonds is 6. The molecule has 0 saturated carbocycles. The molecule has 6 nitrogen and oxygen atoms in total. The maximum Gasteiger partial charge on any atom is 0.349 e. The largest absolute Gasteiger partial charge is 0.450 e. The van der Waals surface area contributed by atoms with Crippen LogP contribution in [0.2, 0.25) is 0 Å². The van der Waals surface area contributed by atoms with E-state index in [0.717, 1.165) is 0 Å². The predicted molar refractivity (Wildman–Crippen MR) is 75.5 cm³/mol. The summed E-state index contributed by atoms with van der Waals surface area (Å²) in [6, 6.07) is 0. The number of hydrogen-bond donors (Lipinski definition) is 0. The molecule has 0 amide bonds. The number of methoxy groups -OCH3 is 1. The molecule has 0 radical (unpaired) electrons. The number of carbonyl (C=O) groups is 2. The SMILES string of the molecule is COC(C)OC(=O)C(C)OC(=O)C(C)/C=N/C(C)(C)C. The van der Waals surface area contributed by atoms with E-state index in [1.807, 2.05) is 20.8 Å². The molecule has 0 rings (SSSR count). The Morgan fingerprint density at radius 2 is 1.60 bits per heavy atom. The molecule has 0 aliphatic rings. The lowest BCUT2D eigenvalue weighted by Crippen LogP contribution is -2.31. The van der Waals surface area contributed by atoms with E-state index in [0.29, 0.717) is 0 Å². The molecule has 0 spiro atoms. The van der Waals surface area contributed by atoms with Gasteiger partial charge in [0, 0.05) is 13.3 Å². The monoisotopic (exact) mass is 287 g/mol. The lowest BCUT2D eigenvalue weighted by Gasteiger charge is -2.17. The molecular formula is C14H25NO5. The van der Waals surface area contributed by atoms with Gasteiger partial charge >= 0.3 is 11.9 Å². The van der Waals surface area contributed by atoms with Crippen molar-refractivity contribution in [3.63, 3.8) is 0 Å². The minimum Gasteiger partial charge on any atom is -0.450 e. The molecule has 0 saturated heterocycles. The fourth-order valence-electron chi connectivity index (χ4n) is 1.03. The van der Waals surface area contributed by atoms with Crippen LogP contribution in [-0.4, -0.2) is 43.2 Å². The van der Waals surface area contributed by atoms with Gasteiger partial charge in [0.25, 0.3) is 0 Å². The summed E-state index contributed by atoms with van der Waals surface area (Å²) in [7, 11) is 1.42. The topological polar surface area (TPSA) is 74.2 Å². The summed E-state index contributed by atoms with van der Waals surface area (Å²) >= 11 is 0. The maximum absolute atomic E-state index is 11.8. The number of carbonyl (C=O) groups excluding carboxylic acids is 2. The molecule has 3 unspecified atom stereocenters. The lowest BCUT2D eigenvalue weighted by molar-refractivity contribution is -0.185. The molecule has 6 heteroatoms. The zero-order valence-corrected chi connectivity index (χ0v) is 13.3. The Morgan fingerprint density at radius 3 is 2.05 bits per heavy atom. The second kappa shape index (κ2) is 7.99. The van der Waals surface area contributed by atoms with Crippen LogP contribution >= 0.6 is 0 Å². The Balaban J connectivity index is 4.38. The summed E-state index contributed by atoms with van der Waals surface area (Å²) in [5.41, 5.74) is -0.257. The first-order valence-corrected chi connectivity index (χ1v) is 6.56. The van der Waals surface area contributed by atoms with Crippen LogP contribution in [0.3, 0.4) is 0 Å². The van der Waals surface area contributed by atoms with Crippen LogP contribution in [0.5, 0.6) is 0 Å². The van der Waals surface area contributed by atoms with Crippen molar-refractivity contribution < 1.29 is 23.8 Å². The molecule has 0 bridgehead atoms. The van der Waals surface area contributed by atoms with E-state index in [-0.39, 0.29) is 5.54 Å². The first kappa shape index (κ1) is 18.6. The van der Waals surface area contributed by atoms with E-state index in [1.165, 1.54) is 20.2 Å². The van der Waals surface area contributed by atoms with Gasteiger partial charge in [0.2, 0.25) is 0 Å². The summed E-state index contributed by atoms with van der Waals surface area (Å²) in [6.45, 7) is 10.5. The molecule has 0 N–H and O–H groups in total. The van der Waals surface area contributed by atoms with Crippen LogP contribution in [0.15, 0.2) is 4.99 Å². The highest BCUT2D eigenvalue weighted by atomic mass is 16.7. The quantitative estimate of drug-likeness (QED) is 0.424. The van der Waals surface area contributed by atoms with Crippen molar-refractivity contribution in [3.05, 3.63) is 0 Å². The minimum atomic E-state index is -0.981. The minimum absolute atomic E-state index is 0.257. The average Bonchev–Trinajstić information content (AvgIpc) is 2.34. The van der Waals surface area contributed by atoms with E-state index < -0.39 is 30.3 Å². The molecule has 20 heavy (non-hydrogen) atoms. The van der Waals surface area contributed by atoms with Crippen LogP contribution in [0, 0.1) is 5.92 Å². The van der Waals surface area contributed by atoms with Crippen LogP contribution in [-0.2, 0) is 23.8 Å². The molecule has 0 aliphatic carbocycles. The van der Waals surface area contributed by atoms with Gasteiger partial charge in [-0.3, -0.25) is 9.79 Å². The smallest absolute Gasteiger partial charge is 0.349 e. The highest BCUT2D eigenvalue weighted by Gasteiger charge is 2.23. The predicted octanol–water partition coefficient (Wildman–Crippen LogP) is 1.96. The Kier molecular flexibility index (Phi) is 7.42. The van der Waals surface area contributed by atoms with E-state index >= 15 is 0 Å². The Morgan fingerprint density at radius 1 is 1.05 bits per heavy atom. The molecule has 0 heterocycles. The fourth-order valence-corrected chi connectivity index (χ4v) is 1.03. The van der Waals surface area contributed by atoms with Crippen molar-refractivity contribution in [1.29, 1.82) is 0 Å². The summed E-state index contributed by atoms with van der Waals surface area (Å²) in [6.07, 6.45) is -0.132. The van der Waals surface area contributed by atoms with Crippen molar-refractivity contribution in [2.75, 3.05) is 7.11 Å². The van der Waals surface area contributed by atoms with Crippen molar-refractivity contribution in [2.24, 2.45) is 10.9 Å². The zero-order valence-electron chi connectivity index (χ0n) is 13.3. The van der Waals surface area contributed by atoms with Crippen molar-refractivity contribution >= 4 is 18.2 Å². The summed E-state index contributed by atoms with van der Waals surface area (Å²) < 4.78 is 14.7. The van der Waals surface area contributed by atoms with E-state index in [9.17, 15) is 9.59 Å². The van der Waals surface area contributed by atoms with Gasteiger partial charge in [-0.05, 0) is 41.5 Å². The Hall–Kier alpha value is -1.43. The third-order valence-electron chi connectivity index (χ3n) is 2.30. The lowest BCUT2D eigenvalue weighted by atomic mass is 10.1. The normalized spacial score (nSPS) is 16.6. The highest BCUT2D eigenvalue weighted by molar-refractivity contribution is 5.90. The number of ether oxygens (including phenoxy) is 3. The average molecular weight is 287 g/mol. The van der Waals surface area contributed by atoms with E-state index in [4.69, 9.17) is 14.2 Å².